The number of carbonyl (C=O) groups excluding carboxylic acids is 1. The first-order valence-corrected chi connectivity index (χ1v) is 8.23. The van der Waals surface area contributed by atoms with Gasteiger partial charge in [0.05, 0.1) is 19.6 Å². The number of aliphatic hydroxyl groups excluding tert-OH is 1. The lowest BCUT2D eigenvalue weighted by molar-refractivity contribution is -0.120. The number of rotatable bonds is 6. The number of aromatic amines is 1. The second-order valence-electron chi connectivity index (χ2n) is 6.08. The second kappa shape index (κ2) is 7.40. The second-order valence-corrected chi connectivity index (χ2v) is 6.08. The van der Waals surface area contributed by atoms with E-state index in [0.29, 0.717) is 11.3 Å². The Kier molecular flexibility index (Phi) is 5.05. The maximum Gasteiger partial charge on any atom is 0.224 e. The molecule has 25 heavy (non-hydrogen) atoms. The Morgan fingerprint density at radius 1 is 1.28 bits per heavy atom. The number of amides is 1. The van der Waals surface area contributed by atoms with Gasteiger partial charge in [0.2, 0.25) is 5.91 Å². The molecule has 0 aliphatic carbocycles. The molecule has 3 aromatic rings. The molecule has 0 aliphatic heterocycles. The first kappa shape index (κ1) is 17.0. The average molecular weight is 338 g/mol. The Bertz CT molecular complexity index is 886. The quantitative estimate of drug-likeness (QED) is 0.647. The van der Waals surface area contributed by atoms with Crippen LogP contribution in [0.15, 0.2) is 48.7 Å². The van der Waals surface area contributed by atoms with Crippen LogP contribution in [0.2, 0.25) is 0 Å². The number of hydrogen-bond acceptors (Lipinski definition) is 3. The molecule has 3 N–H and O–H groups in total. The van der Waals surface area contributed by atoms with Crippen LogP contribution in [0.5, 0.6) is 5.75 Å². The van der Waals surface area contributed by atoms with E-state index in [1.165, 1.54) is 0 Å². The Morgan fingerprint density at radius 3 is 2.88 bits per heavy atom. The molecule has 1 atom stereocenters. The standard InChI is InChI=1S/C20H22N2O3/c1-13-5-3-8-17-20(13)15(11-21-17)10-19(24)22-12-18(23)14-6-4-7-16(9-14)25-2/h3-9,11,18,21,23H,10,12H2,1-2H3,(H,22,24). The van der Waals surface area contributed by atoms with Gasteiger partial charge in [-0.1, -0.05) is 24.3 Å². The van der Waals surface area contributed by atoms with Gasteiger partial charge < -0.3 is 20.1 Å². The normalized spacial score (nSPS) is 12.1. The molecule has 0 fully saturated rings. The number of ether oxygens (including phenoxy) is 1. The Labute approximate surface area is 146 Å². The lowest BCUT2D eigenvalue weighted by atomic mass is 10.0. The van der Waals surface area contributed by atoms with Crippen LogP contribution >= 0.6 is 0 Å². The van der Waals surface area contributed by atoms with Crippen molar-refractivity contribution >= 4 is 16.8 Å². The van der Waals surface area contributed by atoms with Gasteiger partial charge in [0, 0.05) is 23.6 Å². The number of aryl methyl sites for hydroxylation is 1. The molecule has 130 valence electrons. The molecule has 5 heteroatoms. The summed E-state index contributed by atoms with van der Waals surface area (Å²) in [6, 6.07) is 13.2. The van der Waals surface area contributed by atoms with E-state index in [2.05, 4.69) is 10.3 Å². The van der Waals surface area contributed by atoms with Crippen molar-refractivity contribution in [2.24, 2.45) is 0 Å². The number of aliphatic hydroxyl groups is 1. The first-order valence-electron chi connectivity index (χ1n) is 8.23. The zero-order valence-corrected chi connectivity index (χ0v) is 14.4. The molecular formula is C20H22N2O3. The van der Waals surface area contributed by atoms with Crippen molar-refractivity contribution in [2.45, 2.75) is 19.4 Å². The maximum absolute atomic E-state index is 12.3. The van der Waals surface area contributed by atoms with Gasteiger partial charge in [-0.15, -0.1) is 0 Å². The fourth-order valence-electron chi connectivity index (χ4n) is 3.00. The number of methoxy groups -OCH3 is 1. The number of aromatic nitrogens is 1. The monoisotopic (exact) mass is 338 g/mol. The molecule has 0 saturated carbocycles. The van der Waals surface area contributed by atoms with Crippen LogP contribution in [-0.4, -0.2) is 29.7 Å². The van der Waals surface area contributed by atoms with Crippen LogP contribution in [-0.2, 0) is 11.2 Å². The molecule has 2 aromatic carbocycles. The molecule has 1 aromatic heterocycles. The topological polar surface area (TPSA) is 74.3 Å². The van der Waals surface area contributed by atoms with Gasteiger partial charge in [-0.3, -0.25) is 4.79 Å². The maximum atomic E-state index is 12.3. The largest absolute Gasteiger partial charge is 0.497 e. The van der Waals surface area contributed by atoms with Gasteiger partial charge in [0.15, 0.2) is 0 Å². The number of nitrogens with one attached hydrogen (secondary N) is 2. The summed E-state index contributed by atoms with van der Waals surface area (Å²) in [5.41, 5.74) is 3.83. The van der Waals surface area contributed by atoms with Crippen LogP contribution in [0.4, 0.5) is 0 Å². The third kappa shape index (κ3) is 3.83. The van der Waals surface area contributed by atoms with Crippen LogP contribution in [0, 0.1) is 6.92 Å². The molecule has 3 rings (SSSR count). The van der Waals surface area contributed by atoms with E-state index >= 15 is 0 Å². The average Bonchev–Trinajstić information content (AvgIpc) is 3.04. The molecule has 0 saturated heterocycles. The van der Waals surface area contributed by atoms with Crippen LogP contribution in [0.3, 0.4) is 0 Å². The Balaban J connectivity index is 1.62. The first-order chi connectivity index (χ1) is 12.1. The van der Waals surface area contributed by atoms with Gasteiger partial charge >= 0.3 is 0 Å². The number of hydrogen-bond donors (Lipinski definition) is 3. The Morgan fingerprint density at radius 2 is 2.08 bits per heavy atom. The molecule has 0 aliphatic rings. The number of H-pyrrole nitrogens is 1. The molecule has 1 unspecified atom stereocenters. The summed E-state index contributed by atoms with van der Waals surface area (Å²) in [4.78, 5) is 15.5. The van der Waals surface area contributed by atoms with E-state index in [9.17, 15) is 9.90 Å². The highest BCUT2D eigenvalue weighted by molar-refractivity contribution is 5.91. The minimum absolute atomic E-state index is 0.119. The lowest BCUT2D eigenvalue weighted by Gasteiger charge is -2.13. The fourth-order valence-corrected chi connectivity index (χ4v) is 3.00. The molecule has 0 spiro atoms. The fraction of sp³-hybridized carbons (Fsp3) is 0.250. The summed E-state index contributed by atoms with van der Waals surface area (Å²) in [5.74, 6) is 0.559. The van der Waals surface area contributed by atoms with Crippen LogP contribution in [0.1, 0.15) is 22.8 Å². The molecule has 0 radical (unpaired) electrons. The van der Waals surface area contributed by atoms with Crippen molar-refractivity contribution in [2.75, 3.05) is 13.7 Å². The summed E-state index contributed by atoms with van der Waals surface area (Å²) in [5, 5.41) is 14.1. The SMILES string of the molecule is COc1cccc(C(O)CNC(=O)Cc2c[nH]c3cccc(C)c23)c1. The summed E-state index contributed by atoms with van der Waals surface area (Å²) in [6.45, 7) is 2.19. The molecule has 0 bridgehead atoms. The third-order valence-corrected chi connectivity index (χ3v) is 4.32. The van der Waals surface area contributed by atoms with Crippen molar-refractivity contribution in [3.8, 4) is 5.75 Å². The molecular weight excluding hydrogens is 316 g/mol. The Hall–Kier alpha value is -2.79. The summed E-state index contributed by atoms with van der Waals surface area (Å²) < 4.78 is 5.15. The summed E-state index contributed by atoms with van der Waals surface area (Å²) in [6.07, 6.45) is 1.37. The van der Waals surface area contributed by atoms with E-state index in [4.69, 9.17) is 4.74 Å². The molecule has 5 nitrogen and oxygen atoms in total. The van der Waals surface area contributed by atoms with E-state index < -0.39 is 6.10 Å². The lowest BCUT2D eigenvalue weighted by Crippen LogP contribution is -2.29. The van der Waals surface area contributed by atoms with Gasteiger partial charge in [-0.2, -0.15) is 0 Å². The highest BCUT2D eigenvalue weighted by atomic mass is 16.5. The summed E-state index contributed by atoms with van der Waals surface area (Å²) in [7, 11) is 1.58. The van der Waals surface area contributed by atoms with Gasteiger partial charge in [0.1, 0.15) is 5.75 Å². The number of carbonyl (C=O) groups is 1. The zero-order chi connectivity index (χ0) is 17.8. The van der Waals surface area contributed by atoms with E-state index in [1.807, 2.05) is 49.5 Å². The minimum Gasteiger partial charge on any atom is -0.497 e. The smallest absolute Gasteiger partial charge is 0.224 e. The highest BCUT2D eigenvalue weighted by Crippen LogP contribution is 2.22. The van der Waals surface area contributed by atoms with E-state index in [-0.39, 0.29) is 18.9 Å². The van der Waals surface area contributed by atoms with Crippen molar-refractivity contribution in [1.82, 2.24) is 10.3 Å². The van der Waals surface area contributed by atoms with Gasteiger partial charge in [-0.05, 0) is 41.8 Å². The van der Waals surface area contributed by atoms with Gasteiger partial charge in [-0.25, -0.2) is 0 Å². The highest BCUT2D eigenvalue weighted by Gasteiger charge is 2.13. The van der Waals surface area contributed by atoms with E-state index in [0.717, 1.165) is 22.0 Å². The predicted molar refractivity (Wildman–Crippen MR) is 97.7 cm³/mol. The third-order valence-electron chi connectivity index (χ3n) is 4.32. The minimum atomic E-state index is -0.774. The summed E-state index contributed by atoms with van der Waals surface area (Å²) >= 11 is 0. The molecule has 1 heterocycles. The van der Waals surface area contributed by atoms with E-state index in [1.54, 1.807) is 13.2 Å². The van der Waals surface area contributed by atoms with Crippen molar-refractivity contribution < 1.29 is 14.6 Å². The van der Waals surface area contributed by atoms with Crippen molar-refractivity contribution in [3.63, 3.8) is 0 Å². The van der Waals surface area contributed by atoms with Crippen molar-refractivity contribution in [3.05, 3.63) is 65.4 Å². The zero-order valence-electron chi connectivity index (χ0n) is 14.4. The van der Waals surface area contributed by atoms with Crippen molar-refractivity contribution in [1.29, 1.82) is 0 Å². The number of benzene rings is 2. The molecule has 1 amide bonds. The van der Waals surface area contributed by atoms with Gasteiger partial charge in [0.25, 0.3) is 0 Å². The van der Waals surface area contributed by atoms with Crippen LogP contribution < -0.4 is 10.1 Å². The predicted octanol–water partition coefficient (Wildman–Crippen LogP) is 2.88. The van der Waals surface area contributed by atoms with Crippen LogP contribution in [0.25, 0.3) is 10.9 Å². The number of fused-ring (bicyclic) bond motifs is 1.